The molecular formula is C18H20Cl2N2O4. The monoisotopic (exact) mass is 398 g/mol. The van der Waals surface area contributed by atoms with Gasteiger partial charge in [-0.1, -0.05) is 29.3 Å². The van der Waals surface area contributed by atoms with Gasteiger partial charge in [0.15, 0.2) is 0 Å². The first-order valence-electron chi connectivity index (χ1n) is 8.03. The quantitative estimate of drug-likeness (QED) is 0.513. The Kier molecular flexibility index (Phi) is 7.66. The van der Waals surface area contributed by atoms with E-state index in [1.807, 2.05) is 24.1 Å². The molecule has 0 aliphatic heterocycles. The second kappa shape index (κ2) is 9.73. The highest BCUT2D eigenvalue weighted by Crippen LogP contribution is 2.23. The van der Waals surface area contributed by atoms with E-state index >= 15 is 0 Å². The van der Waals surface area contributed by atoms with Crippen LogP contribution in [0.1, 0.15) is 5.56 Å². The van der Waals surface area contributed by atoms with Gasteiger partial charge >= 0.3 is 0 Å². The highest BCUT2D eigenvalue weighted by Gasteiger charge is 2.11. The number of rotatable bonds is 9. The Balaban J connectivity index is 1.73. The number of hydrogen-bond donors (Lipinski definition) is 1. The molecule has 0 saturated carbocycles. The first-order valence-corrected chi connectivity index (χ1v) is 8.78. The molecule has 6 nitrogen and oxygen atoms in total. The van der Waals surface area contributed by atoms with Gasteiger partial charge in [0.25, 0.3) is 5.69 Å². The van der Waals surface area contributed by atoms with Crippen molar-refractivity contribution in [1.29, 1.82) is 0 Å². The number of non-ortho nitro benzene ring substituents is 1. The Hall–Kier alpha value is -1.86. The van der Waals surface area contributed by atoms with Gasteiger partial charge in [0.2, 0.25) is 0 Å². The molecule has 2 rings (SSSR count). The molecule has 0 spiro atoms. The zero-order valence-electron chi connectivity index (χ0n) is 14.3. The Labute approximate surface area is 162 Å². The summed E-state index contributed by atoms with van der Waals surface area (Å²) in [5.74, 6) is 0.480. The lowest BCUT2D eigenvalue weighted by atomic mass is 10.1. The lowest BCUT2D eigenvalue weighted by Crippen LogP contribution is -2.34. The Morgan fingerprint density at radius 1 is 1.19 bits per heavy atom. The van der Waals surface area contributed by atoms with Crippen molar-refractivity contribution in [3.05, 3.63) is 68.2 Å². The topological polar surface area (TPSA) is 75.8 Å². The average molecular weight is 399 g/mol. The first kappa shape index (κ1) is 20.5. The van der Waals surface area contributed by atoms with E-state index in [1.54, 1.807) is 6.07 Å². The number of nitro groups is 1. The number of benzene rings is 2. The van der Waals surface area contributed by atoms with Crippen molar-refractivity contribution in [3.63, 3.8) is 0 Å². The lowest BCUT2D eigenvalue weighted by molar-refractivity contribution is -0.384. The minimum absolute atomic E-state index is 0.0000605. The largest absolute Gasteiger partial charge is 0.491 e. The van der Waals surface area contributed by atoms with Crippen LogP contribution in [0.15, 0.2) is 42.5 Å². The van der Waals surface area contributed by atoms with Crippen LogP contribution in [0.25, 0.3) is 0 Å². The highest BCUT2D eigenvalue weighted by molar-refractivity contribution is 6.42. The number of nitro benzene ring substituents is 1. The van der Waals surface area contributed by atoms with Gasteiger partial charge < -0.3 is 14.7 Å². The number of nitrogens with zero attached hydrogens (tertiary/aromatic N) is 2. The van der Waals surface area contributed by atoms with Crippen LogP contribution in [0.5, 0.6) is 5.75 Å². The van der Waals surface area contributed by atoms with Crippen molar-refractivity contribution < 1.29 is 14.8 Å². The summed E-state index contributed by atoms with van der Waals surface area (Å²) in [6.07, 6.45) is 0.104. The third kappa shape index (κ3) is 6.46. The van der Waals surface area contributed by atoms with E-state index in [-0.39, 0.29) is 12.3 Å². The molecule has 2 aromatic carbocycles. The van der Waals surface area contributed by atoms with Crippen LogP contribution >= 0.6 is 23.2 Å². The number of halogens is 2. The maximum Gasteiger partial charge on any atom is 0.269 e. The van der Waals surface area contributed by atoms with E-state index in [4.69, 9.17) is 27.9 Å². The van der Waals surface area contributed by atoms with E-state index in [9.17, 15) is 15.2 Å². The summed E-state index contributed by atoms with van der Waals surface area (Å²) in [4.78, 5) is 12.1. The van der Waals surface area contributed by atoms with E-state index in [2.05, 4.69) is 0 Å². The van der Waals surface area contributed by atoms with Crippen molar-refractivity contribution in [3.8, 4) is 5.75 Å². The molecule has 0 aromatic heterocycles. The molecule has 26 heavy (non-hydrogen) atoms. The molecule has 0 fully saturated rings. The number of aliphatic hydroxyl groups is 1. The second-order valence-corrected chi connectivity index (χ2v) is 6.79. The second-order valence-electron chi connectivity index (χ2n) is 5.98. The molecule has 0 radical (unpaired) electrons. The van der Waals surface area contributed by atoms with E-state index in [0.29, 0.717) is 22.3 Å². The fraction of sp³-hybridized carbons (Fsp3) is 0.333. The summed E-state index contributed by atoms with van der Waals surface area (Å²) in [6, 6.07) is 11.3. The fourth-order valence-electron chi connectivity index (χ4n) is 2.38. The summed E-state index contributed by atoms with van der Waals surface area (Å²) in [6.45, 7) is 1.29. The SMILES string of the molecule is CN(CCc1ccc(Cl)c(Cl)c1)CC(O)COc1ccc([N+](=O)[O-])cc1. The molecule has 1 N–H and O–H groups in total. The van der Waals surface area contributed by atoms with Gasteiger partial charge in [-0.25, -0.2) is 0 Å². The predicted molar refractivity (Wildman–Crippen MR) is 102 cm³/mol. The van der Waals surface area contributed by atoms with Gasteiger partial charge in [0.1, 0.15) is 18.5 Å². The third-order valence-electron chi connectivity index (χ3n) is 3.78. The number of ether oxygens (including phenoxy) is 1. The Morgan fingerprint density at radius 3 is 2.50 bits per heavy atom. The maximum atomic E-state index is 10.6. The van der Waals surface area contributed by atoms with Gasteiger partial charge in [0.05, 0.1) is 15.0 Å². The maximum absolute atomic E-state index is 10.6. The summed E-state index contributed by atoms with van der Waals surface area (Å²) in [7, 11) is 1.91. The number of aliphatic hydroxyl groups excluding tert-OH is 1. The molecule has 0 amide bonds. The van der Waals surface area contributed by atoms with Gasteiger partial charge in [-0.3, -0.25) is 10.1 Å². The van der Waals surface area contributed by atoms with E-state index in [1.165, 1.54) is 24.3 Å². The van der Waals surface area contributed by atoms with Crippen molar-refractivity contribution in [2.24, 2.45) is 0 Å². The molecule has 1 unspecified atom stereocenters. The number of likely N-dealkylation sites (N-methyl/N-ethyl adjacent to an activating group) is 1. The first-order chi connectivity index (χ1) is 12.3. The molecule has 0 heterocycles. The highest BCUT2D eigenvalue weighted by atomic mass is 35.5. The minimum Gasteiger partial charge on any atom is -0.491 e. The van der Waals surface area contributed by atoms with Gasteiger partial charge in [0, 0.05) is 25.2 Å². The Morgan fingerprint density at radius 2 is 1.88 bits per heavy atom. The normalized spacial score (nSPS) is 12.2. The van der Waals surface area contributed by atoms with Crippen LogP contribution in [0.2, 0.25) is 10.0 Å². The summed E-state index contributed by atoms with van der Waals surface area (Å²) >= 11 is 11.9. The molecule has 1 atom stereocenters. The van der Waals surface area contributed by atoms with Crippen molar-refractivity contribution in [2.45, 2.75) is 12.5 Å². The summed E-state index contributed by atoms with van der Waals surface area (Å²) < 4.78 is 5.46. The molecular weight excluding hydrogens is 379 g/mol. The summed E-state index contributed by atoms with van der Waals surface area (Å²) in [5, 5.41) is 21.8. The molecule has 8 heteroatoms. The zero-order valence-corrected chi connectivity index (χ0v) is 15.8. The van der Waals surface area contributed by atoms with Crippen LogP contribution in [-0.4, -0.2) is 47.8 Å². The molecule has 0 aliphatic rings. The van der Waals surface area contributed by atoms with Gasteiger partial charge in [-0.2, -0.15) is 0 Å². The number of hydrogen-bond acceptors (Lipinski definition) is 5. The molecule has 2 aromatic rings. The molecule has 0 saturated heterocycles. The van der Waals surface area contributed by atoms with Crippen LogP contribution in [0.4, 0.5) is 5.69 Å². The fourth-order valence-corrected chi connectivity index (χ4v) is 2.70. The lowest BCUT2D eigenvalue weighted by Gasteiger charge is -2.21. The van der Waals surface area contributed by atoms with E-state index in [0.717, 1.165) is 18.5 Å². The minimum atomic E-state index is -0.677. The van der Waals surface area contributed by atoms with Crippen LogP contribution in [0, 0.1) is 10.1 Å². The molecule has 140 valence electrons. The van der Waals surface area contributed by atoms with Crippen LogP contribution in [0.3, 0.4) is 0 Å². The van der Waals surface area contributed by atoms with Crippen molar-refractivity contribution in [1.82, 2.24) is 4.90 Å². The average Bonchev–Trinajstić information content (AvgIpc) is 2.61. The third-order valence-corrected chi connectivity index (χ3v) is 4.52. The summed E-state index contributed by atoms with van der Waals surface area (Å²) in [5.41, 5.74) is 1.07. The Bertz CT molecular complexity index is 740. The molecule has 0 aliphatic carbocycles. The van der Waals surface area contributed by atoms with Gasteiger partial charge in [-0.05, 0) is 43.3 Å². The zero-order chi connectivity index (χ0) is 19.1. The van der Waals surface area contributed by atoms with Gasteiger partial charge in [-0.15, -0.1) is 0 Å². The van der Waals surface area contributed by atoms with Crippen molar-refractivity contribution >= 4 is 28.9 Å². The smallest absolute Gasteiger partial charge is 0.269 e. The molecule has 0 bridgehead atoms. The predicted octanol–water partition coefficient (Wildman–Crippen LogP) is 3.82. The standard InChI is InChI=1S/C18H20Cl2N2O4/c1-21(9-8-13-2-7-17(19)18(20)10-13)11-15(23)12-26-16-5-3-14(4-6-16)22(24)25/h2-7,10,15,23H,8-9,11-12H2,1H3. The van der Waals surface area contributed by atoms with Crippen LogP contribution < -0.4 is 4.74 Å². The van der Waals surface area contributed by atoms with E-state index < -0.39 is 11.0 Å². The van der Waals surface area contributed by atoms with Crippen molar-refractivity contribution in [2.75, 3.05) is 26.7 Å². The van der Waals surface area contributed by atoms with Crippen LogP contribution in [-0.2, 0) is 6.42 Å².